The number of carbonyl (C=O) groups excluding carboxylic acids is 2. The molecule has 0 fully saturated rings. The maximum atomic E-state index is 14.0. The van der Waals surface area contributed by atoms with Crippen LogP contribution in [0.1, 0.15) is 58.9 Å². The Kier molecular flexibility index (Phi) is 18.9. The van der Waals surface area contributed by atoms with E-state index in [1.54, 1.807) is 17.0 Å². The summed E-state index contributed by atoms with van der Waals surface area (Å²) in [5, 5.41) is 34.5. The number of hydrogen-bond acceptors (Lipinski definition) is 9. The number of aromatic nitrogens is 2. The fraction of sp³-hybridized carbons (Fsp3) is 0.385. The van der Waals surface area contributed by atoms with Gasteiger partial charge >= 0.3 is 36.4 Å². The van der Waals surface area contributed by atoms with Crippen LogP contribution < -0.4 is 16.8 Å². The average Bonchev–Trinajstić information content (AvgIpc) is 3.62. The number of aromatic hydroxyl groups is 1. The Balaban J connectivity index is 0.000000536. The number of carbonyl (C=O) groups is 5. The van der Waals surface area contributed by atoms with E-state index in [0.29, 0.717) is 38.2 Å². The first-order valence-corrected chi connectivity index (χ1v) is 18.4. The second-order valence-electron chi connectivity index (χ2n) is 13.7. The van der Waals surface area contributed by atoms with Gasteiger partial charge in [-0.25, -0.2) is 19.4 Å². The SMILES string of the molecule is Cc1cc(O)cc(C)c1CC(N)C(=O)N1Cc2ccccc2CC1C(=O)N[C@@H](CCCCN)c1nc2ccccc2[nH]1.O=C(O)C(F)(F)F.O=C(O)C(F)(F)F.O=C(O)C(F)(F)F. The number of rotatable bonds is 10. The number of imidazole rings is 1. The van der Waals surface area contributed by atoms with Crippen molar-refractivity contribution in [3.8, 4) is 5.75 Å². The molecule has 15 nitrogen and oxygen atoms in total. The van der Waals surface area contributed by atoms with Crippen LogP contribution in [0.3, 0.4) is 0 Å². The van der Waals surface area contributed by atoms with E-state index >= 15 is 0 Å². The molecule has 1 aromatic heterocycles. The highest BCUT2D eigenvalue weighted by Gasteiger charge is 2.40. The van der Waals surface area contributed by atoms with E-state index in [2.05, 4.69) is 10.3 Å². The topological polar surface area (TPSA) is 262 Å². The van der Waals surface area contributed by atoms with Crippen LogP contribution in [0, 0.1) is 13.8 Å². The highest BCUT2D eigenvalue weighted by molar-refractivity contribution is 5.91. The van der Waals surface area contributed by atoms with Crippen molar-refractivity contribution in [3.05, 3.63) is 94.3 Å². The van der Waals surface area contributed by atoms with Crippen molar-refractivity contribution in [2.45, 2.75) is 89.2 Å². The average molecular weight is 911 g/mol. The van der Waals surface area contributed by atoms with Crippen LogP contribution in [0.5, 0.6) is 5.75 Å². The summed E-state index contributed by atoms with van der Waals surface area (Å²) in [6.45, 7) is 4.67. The van der Waals surface area contributed by atoms with Crippen LogP contribution in [-0.2, 0) is 43.4 Å². The summed E-state index contributed by atoms with van der Waals surface area (Å²) in [6.07, 6.45) is -12.2. The first-order valence-electron chi connectivity index (χ1n) is 18.4. The molecule has 1 aliphatic rings. The molecule has 5 rings (SSSR count). The summed E-state index contributed by atoms with van der Waals surface area (Å²) in [5.74, 6) is -7.91. The van der Waals surface area contributed by atoms with Gasteiger partial charge in [0.15, 0.2) is 0 Å². The maximum absolute atomic E-state index is 14.0. The molecule has 2 amide bonds. The number of halogens is 9. The normalized spacial score (nSPS) is 14.6. The van der Waals surface area contributed by atoms with E-state index < -0.39 is 48.5 Å². The Bertz CT molecular complexity index is 2100. The summed E-state index contributed by atoms with van der Waals surface area (Å²) in [7, 11) is 0. The van der Waals surface area contributed by atoms with Crippen LogP contribution in [0.2, 0.25) is 0 Å². The largest absolute Gasteiger partial charge is 0.508 e. The number of aliphatic carboxylic acids is 3. The number of aryl methyl sites for hydroxylation is 2. The Hall–Kier alpha value is -6.43. The molecule has 0 bridgehead atoms. The number of phenols is 1. The van der Waals surface area contributed by atoms with Gasteiger partial charge in [0.05, 0.1) is 23.1 Å². The highest BCUT2D eigenvalue weighted by atomic mass is 19.4. The number of alkyl halides is 9. The van der Waals surface area contributed by atoms with Gasteiger partial charge in [-0.15, -0.1) is 0 Å². The summed E-state index contributed by atoms with van der Waals surface area (Å²) in [5.41, 5.74) is 18.8. The maximum Gasteiger partial charge on any atom is 0.490 e. The summed E-state index contributed by atoms with van der Waals surface area (Å²) in [6, 6.07) is 17.1. The van der Waals surface area contributed by atoms with Gasteiger partial charge < -0.3 is 47.1 Å². The van der Waals surface area contributed by atoms with Crippen molar-refractivity contribution in [2.75, 3.05) is 6.54 Å². The first kappa shape index (κ1) is 52.7. The molecule has 0 spiro atoms. The van der Waals surface area contributed by atoms with Crippen LogP contribution in [0.25, 0.3) is 11.0 Å². The molecular formula is C39H43F9N6O9. The fourth-order valence-corrected chi connectivity index (χ4v) is 5.98. The number of H-pyrrole nitrogens is 1. The Morgan fingerprint density at radius 2 is 1.29 bits per heavy atom. The Morgan fingerprint density at radius 1 is 0.810 bits per heavy atom. The lowest BCUT2D eigenvalue weighted by atomic mass is 9.91. The third kappa shape index (κ3) is 16.4. The molecule has 63 heavy (non-hydrogen) atoms. The number of nitrogens with two attached hydrogens (primary N) is 2. The van der Waals surface area contributed by atoms with E-state index in [1.807, 2.05) is 62.4 Å². The molecule has 346 valence electrons. The lowest BCUT2D eigenvalue weighted by Crippen LogP contribution is -2.57. The molecule has 1 aliphatic heterocycles. The number of benzene rings is 3. The van der Waals surface area contributed by atoms with Gasteiger partial charge in [0.25, 0.3) is 0 Å². The molecule has 10 N–H and O–H groups in total. The number of fused-ring (bicyclic) bond motifs is 2. The van der Waals surface area contributed by atoms with Crippen LogP contribution in [0.4, 0.5) is 39.5 Å². The minimum Gasteiger partial charge on any atom is -0.508 e. The number of para-hydroxylation sites is 2. The number of nitrogens with one attached hydrogen (secondary N) is 2. The van der Waals surface area contributed by atoms with Gasteiger partial charge in [0.1, 0.15) is 17.6 Å². The quantitative estimate of drug-likeness (QED) is 0.0715. The molecule has 0 aliphatic carbocycles. The smallest absolute Gasteiger partial charge is 0.490 e. The van der Waals surface area contributed by atoms with Crippen molar-refractivity contribution in [3.63, 3.8) is 0 Å². The van der Waals surface area contributed by atoms with Crippen molar-refractivity contribution in [2.24, 2.45) is 11.5 Å². The van der Waals surface area contributed by atoms with Crippen LogP contribution >= 0.6 is 0 Å². The zero-order valence-electron chi connectivity index (χ0n) is 33.2. The molecule has 2 heterocycles. The fourth-order valence-electron chi connectivity index (χ4n) is 5.98. The number of amides is 2. The predicted molar refractivity (Wildman–Crippen MR) is 205 cm³/mol. The Morgan fingerprint density at radius 3 is 1.76 bits per heavy atom. The summed E-state index contributed by atoms with van der Waals surface area (Å²) >= 11 is 0. The number of aromatic amines is 1. The minimum atomic E-state index is -5.08. The predicted octanol–water partition coefficient (Wildman–Crippen LogP) is 5.60. The van der Waals surface area contributed by atoms with Crippen LogP contribution in [-0.4, -0.2) is 102 Å². The molecule has 4 aromatic rings. The van der Waals surface area contributed by atoms with E-state index in [4.69, 9.17) is 46.2 Å². The van der Waals surface area contributed by atoms with E-state index in [9.17, 15) is 54.2 Å². The molecule has 24 heteroatoms. The standard InChI is InChI=1S/C33H40N6O3.3C2HF3O2/c1-20-15-24(40)16-21(2)25(20)18-26(35)33(42)39-19-23-10-4-3-9-22(23)17-30(39)32(41)38-29(13-7-8-14-34)31-36-27-11-5-6-12-28(27)37-31;3*3-2(4,5)1(6)7/h3-6,9-12,15-16,26,29-30,40H,7-8,13-14,17-19,34-35H2,1-2H3,(H,36,37)(H,38,41);3*(H,6,7)/t26?,29-,30?;;;/m0.../s1. The molecule has 0 saturated carbocycles. The van der Waals surface area contributed by atoms with Crippen LogP contribution in [0.15, 0.2) is 60.7 Å². The minimum absolute atomic E-state index is 0.184. The third-order valence-corrected chi connectivity index (χ3v) is 8.98. The molecule has 3 aromatic carbocycles. The second kappa shape index (κ2) is 22.6. The first-order chi connectivity index (χ1) is 29.1. The number of phenolic OH excluding ortho intramolecular Hbond substituents is 1. The van der Waals surface area contributed by atoms with Gasteiger partial charge in [0.2, 0.25) is 11.8 Å². The highest BCUT2D eigenvalue weighted by Crippen LogP contribution is 2.28. The zero-order valence-corrected chi connectivity index (χ0v) is 33.2. The Labute approximate surface area is 351 Å². The number of nitrogens with zero attached hydrogens (tertiary/aromatic N) is 2. The van der Waals surface area contributed by atoms with Crippen molar-refractivity contribution >= 4 is 40.8 Å². The van der Waals surface area contributed by atoms with Gasteiger partial charge in [-0.05, 0) is 98.2 Å². The molecule has 2 unspecified atom stereocenters. The van der Waals surface area contributed by atoms with Crippen molar-refractivity contribution in [1.29, 1.82) is 0 Å². The summed E-state index contributed by atoms with van der Waals surface area (Å²) < 4.78 is 95.2. The van der Waals surface area contributed by atoms with E-state index in [1.165, 1.54) is 0 Å². The van der Waals surface area contributed by atoms with Gasteiger partial charge in [-0.2, -0.15) is 39.5 Å². The number of unbranched alkanes of at least 4 members (excludes halogenated alkanes) is 1. The number of carboxylic acids is 3. The second-order valence-corrected chi connectivity index (χ2v) is 13.7. The molecular weight excluding hydrogens is 867 g/mol. The van der Waals surface area contributed by atoms with Gasteiger partial charge in [-0.1, -0.05) is 36.4 Å². The molecule has 0 radical (unpaired) electrons. The lowest BCUT2D eigenvalue weighted by Gasteiger charge is -2.38. The van der Waals surface area contributed by atoms with Crippen molar-refractivity contribution in [1.82, 2.24) is 20.2 Å². The van der Waals surface area contributed by atoms with Gasteiger partial charge in [-0.3, -0.25) is 9.59 Å². The monoisotopic (exact) mass is 910 g/mol. The van der Waals surface area contributed by atoms with E-state index in [-0.39, 0.29) is 23.6 Å². The number of hydrogen-bond donors (Lipinski definition) is 8. The molecule has 3 atom stereocenters. The van der Waals surface area contributed by atoms with E-state index in [0.717, 1.165) is 51.7 Å². The number of carboxylic acid groups (broad SMARTS) is 3. The lowest BCUT2D eigenvalue weighted by molar-refractivity contribution is -0.193. The zero-order chi connectivity index (χ0) is 48.0. The molecule has 0 saturated heterocycles. The van der Waals surface area contributed by atoms with Gasteiger partial charge in [0, 0.05) is 13.0 Å². The van der Waals surface area contributed by atoms with Crippen molar-refractivity contribution < 1.29 is 83.9 Å². The summed E-state index contributed by atoms with van der Waals surface area (Å²) in [4.78, 5) is 64.4. The third-order valence-electron chi connectivity index (χ3n) is 8.98.